The average molecular weight is 519 g/mol. The van der Waals surface area contributed by atoms with Gasteiger partial charge in [-0.2, -0.15) is 0 Å². The third kappa shape index (κ3) is 4.99. The molecular weight excluding hydrogens is 464 g/mol. The zero-order valence-corrected chi connectivity index (χ0v) is 24.1. The molecule has 4 fully saturated rings. The fraction of sp³-hybridized carbons (Fsp3) is 0.938. The molecule has 0 spiro atoms. The Balaban J connectivity index is 1.24. The molecule has 4 aliphatic carbocycles. The van der Waals surface area contributed by atoms with E-state index in [1.807, 2.05) is 0 Å². The molecule has 5 aliphatic rings. The highest BCUT2D eigenvalue weighted by atomic mass is 16.7. The highest BCUT2D eigenvalue weighted by Gasteiger charge is 2.59. The lowest BCUT2D eigenvalue weighted by atomic mass is 9.47. The zero-order chi connectivity index (χ0) is 26.5. The number of allylic oxidation sites excluding steroid dienone is 1. The van der Waals surface area contributed by atoms with Gasteiger partial charge in [-0.1, -0.05) is 65.5 Å². The Morgan fingerprint density at radius 2 is 1.78 bits per heavy atom. The Hall–Kier alpha value is -0.460. The molecular formula is C32H54O5. The third-order valence-corrected chi connectivity index (χ3v) is 12.1. The summed E-state index contributed by atoms with van der Waals surface area (Å²) >= 11 is 0. The van der Waals surface area contributed by atoms with Crippen LogP contribution in [-0.2, 0) is 9.47 Å². The van der Waals surface area contributed by atoms with Crippen molar-refractivity contribution in [1.82, 2.24) is 0 Å². The van der Waals surface area contributed by atoms with Crippen LogP contribution in [-0.4, -0.2) is 52.6 Å². The maximum Gasteiger partial charge on any atom is 0.186 e. The number of hydrogen-bond donors (Lipinski definition) is 3. The molecule has 0 aromatic carbocycles. The van der Waals surface area contributed by atoms with Crippen LogP contribution in [0.1, 0.15) is 105 Å². The predicted octanol–water partition coefficient (Wildman–Crippen LogP) is 5.85. The Kier molecular flexibility index (Phi) is 8.23. The fourth-order valence-electron chi connectivity index (χ4n) is 9.94. The van der Waals surface area contributed by atoms with E-state index in [1.54, 1.807) is 5.57 Å². The highest BCUT2D eigenvalue weighted by Crippen LogP contribution is 2.67. The minimum Gasteiger partial charge on any atom is -0.394 e. The van der Waals surface area contributed by atoms with E-state index in [2.05, 4.69) is 40.7 Å². The largest absolute Gasteiger partial charge is 0.394 e. The molecule has 0 bridgehead atoms. The molecule has 0 aromatic rings. The van der Waals surface area contributed by atoms with Crippen LogP contribution in [0.3, 0.4) is 0 Å². The predicted molar refractivity (Wildman–Crippen MR) is 146 cm³/mol. The lowest BCUT2D eigenvalue weighted by Crippen LogP contribution is -2.51. The molecule has 5 heteroatoms. The van der Waals surface area contributed by atoms with E-state index < -0.39 is 24.6 Å². The van der Waals surface area contributed by atoms with Gasteiger partial charge in [0.25, 0.3) is 0 Å². The van der Waals surface area contributed by atoms with E-state index in [-0.39, 0.29) is 18.1 Å². The van der Waals surface area contributed by atoms with Crippen LogP contribution >= 0.6 is 0 Å². The maximum absolute atomic E-state index is 10.3. The molecule has 5 nitrogen and oxygen atoms in total. The van der Waals surface area contributed by atoms with Crippen molar-refractivity contribution in [3.8, 4) is 0 Å². The van der Waals surface area contributed by atoms with Crippen molar-refractivity contribution in [2.45, 2.75) is 136 Å². The van der Waals surface area contributed by atoms with Crippen LogP contribution < -0.4 is 0 Å². The van der Waals surface area contributed by atoms with Crippen LogP contribution in [0.2, 0.25) is 0 Å². The van der Waals surface area contributed by atoms with Gasteiger partial charge in [-0.25, -0.2) is 0 Å². The lowest BCUT2D eigenvalue weighted by Gasteiger charge is -2.58. The van der Waals surface area contributed by atoms with Gasteiger partial charge in [0.05, 0.1) is 12.7 Å². The van der Waals surface area contributed by atoms with Crippen LogP contribution in [0.5, 0.6) is 0 Å². The van der Waals surface area contributed by atoms with E-state index in [9.17, 15) is 15.3 Å². The number of hydrogen-bond acceptors (Lipinski definition) is 5. The van der Waals surface area contributed by atoms with Crippen LogP contribution in [0.4, 0.5) is 0 Å². The Morgan fingerprint density at radius 3 is 2.49 bits per heavy atom. The van der Waals surface area contributed by atoms with E-state index in [1.165, 1.54) is 51.4 Å². The first-order valence-corrected chi connectivity index (χ1v) is 15.6. The van der Waals surface area contributed by atoms with Gasteiger partial charge in [-0.3, -0.25) is 0 Å². The number of rotatable bonds is 8. The minimum absolute atomic E-state index is 0.00317. The summed E-state index contributed by atoms with van der Waals surface area (Å²) in [5.41, 5.74) is 2.32. The Morgan fingerprint density at radius 1 is 1.00 bits per heavy atom. The summed E-state index contributed by atoms with van der Waals surface area (Å²) in [6, 6.07) is 0. The van der Waals surface area contributed by atoms with Crippen molar-refractivity contribution in [2.75, 3.05) is 6.61 Å². The monoisotopic (exact) mass is 518 g/mol. The van der Waals surface area contributed by atoms with Crippen LogP contribution in [0, 0.1) is 46.3 Å². The van der Waals surface area contributed by atoms with Gasteiger partial charge in [-0.15, -0.1) is 0 Å². The number of fused-ring (bicyclic) bond motifs is 5. The van der Waals surface area contributed by atoms with Crippen molar-refractivity contribution in [3.05, 3.63) is 11.6 Å². The van der Waals surface area contributed by atoms with Gasteiger partial charge >= 0.3 is 0 Å². The van der Waals surface area contributed by atoms with Gasteiger partial charge in [0.2, 0.25) is 0 Å². The molecule has 12 atom stereocenters. The van der Waals surface area contributed by atoms with Gasteiger partial charge in [0, 0.05) is 0 Å². The zero-order valence-electron chi connectivity index (χ0n) is 24.1. The molecule has 1 saturated heterocycles. The molecule has 5 unspecified atom stereocenters. The summed E-state index contributed by atoms with van der Waals surface area (Å²) in [6.07, 6.45) is 12.7. The summed E-state index contributed by atoms with van der Waals surface area (Å²) in [6.45, 7) is 12.1. The van der Waals surface area contributed by atoms with Crippen molar-refractivity contribution < 1.29 is 24.8 Å². The van der Waals surface area contributed by atoms with E-state index in [4.69, 9.17) is 9.47 Å². The SMILES string of the molecule is CC(C)CCC[C@@H](C)[C@H]1CCC2C3CC=C4CC(OC5O[C@H](CO)[C@H](O)[C@H]5O)CC[C@]4(C)C3CC[C@@]21C. The second-order valence-electron chi connectivity index (χ2n) is 14.5. The Bertz CT molecular complexity index is 826. The van der Waals surface area contributed by atoms with Gasteiger partial charge in [0.1, 0.15) is 18.3 Å². The standard InChI is InChI=1S/C32H54O5/c1-19(2)7-6-8-20(3)24-11-12-25-23-10-9-21-17-22(36-30-29(35)28(34)27(18-33)37-30)13-15-31(21,4)26(23)14-16-32(24,25)5/h9,19-20,22-30,33-35H,6-8,10-18H2,1-5H3/t20-,22?,23?,24-,25?,26?,27-,28+,29-,30?,31+,32-/m1/s1. The molecule has 212 valence electrons. The highest BCUT2D eigenvalue weighted by molar-refractivity contribution is 5.25. The summed E-state index contributed by atoms with van der Waals surface area (Å²) in [5.74, 6) is 5.02. The second kappa shape index (κ2) is 10.8. The topological polar surface area (TPSA) is 79.2 Å². The molecule has 3 saturated carbocycles. The summed E-state index contributed by atoms with van der Waals surface area (Å²) in [4.78, 5) is 0. The first-order valence-electron chi connectivity index (χ1n) is 15.6. The number of aliphatic hydroxyl groups excluding tert-OH is 3. The molecule has 0 amide bonds. The van der Waals surface area contributed by atoms with Crippen molar-refractivity contribution in [2.24, 2.45) is 46.3 Å². The summed E-state index contributed by atoms with van der Waals surface area (Å²) in [5, 5.41) is 29.8. The van der Waals surface area contributed by atoms with Gasteiger partial charge in [-0.05, 0) is 97.7 Å². The van der Waals surface area contributed by atoms with Crippen molar-refractivity contribution in [1.29, 1.82) is 0 Å². The van der Waals surface area contributed by atoms with E-state index >= 15 is 0 Å². The molecule has 37 heavy (non-hydrogen) atoms. The van der Waals surface area contributed by atoms with Crippen molar-refractivity contribution >= 4 is 0 Å². The molecule has 0 radical (unpaired) electrons. The average Bonchev–Trinajstić information content (AvgIpc) is 3.35. The van der Waals surface area contributed by atoms with Gasteiger partial charge < -0.3 is 24.8 Å². The number of aliphatic hydroxyl groups is 3. The minimum atomic E-state index is -1.10. The first kappa shape index (κ1) is 28.1. The quantitative estimate of drug-likeness (QED) is 0.351. The Labute approximate surface area is 225 Å². The van der Waals surface area contributed by atoms with Crippen molar-refractivity contribution in [3.63, 3.8) is 0 Å². The molecule has 5 rings (SSSR count). The number of ether oxygens (including phenoxy) is 2. The van der Waals surface area contributed by atoms with E-state index in [0.29, 0.717) is 5.41 Å². The maximum atomic E-state index is 10.3. The third-order valence-electron chi connectivity index (χ3n) is 12.1. The smallest absolute Gasteiger partial charge is 0.186 e. The van der Waals surface area contributed by atoms with Gasteiger partial charge in [0.15, 0.2) is 6.29 Å². The van der Waals surface area contributed by atoms with Crippen LogP contribution in [0.25, 0.3) is 0 Å². The second-order valence-corrected chi connectivity index (χ2v) is 14.5. The summed E-state index contributed by atoms with van der Waals surface area (Å²) in [7, 11) is 0. The first-order chi connectivity index (χ1) is 17.6. The normalized spacial score (nSPS) is 48.4. The molecule has 1 heterocycles. The molecule has 1 aliphatic heterocycles. The lowest BCUT2D eigenvalue weighted by molar-refractivity contribution is -0.200. The van der Waals surface area contributed by atoms with E-state index in [0.717, 1.165) is 54.8 Å². The fourth-order valence-corrected chi connectivity index (χ4v) is 9.94. The molecule has 0 aromatic heterocycles. The van der Waals surface area contributed by atoms with Crippen LogP contribution in [0.15, 0.2) is 11.6 Å². The summed E-state index contributed by atoms with van der Waals surface area (Å²) < 4.78 is 11.8. The molecule has 3 N–H and O–H groups in total.